The van der Waals surface area contributed by atoms with E-state index in [1.54, 1.807) is 24.7 Å². The maximum Gasteiger partial charge on any atom is 0.309 e. The number of ether oxygens (including phenoxy) is 5. The Kier molecular flexibility index (Phi) is 9.08. The van der Waals surface area contributed by atoms with E-state index in [1.807, 2.05) is 0 Å². The van der Waals surface area contributed by atoms with Gasteiger partial charge in [-0.3, -0.25) is 19.0 Å². The largest absolute Gasteiger partial charge is 0.463 e. The van der Waals surface area contributed by atoms with Crippen molar-refractivity contribution in [3.63, 3.8) is 0 Å². The number of hydrogen-bond donors (Lipinski definition) is 1. The summed E-state index contributed by atoms with van der Waals surface area (Å²) in [6.07, 6.45) is 6.90. The lowest BCUT2D eigenvalue weighted by atomic mass is 10.1. The Hall–Kier alpha value is -3.32. The number of carbonyl (C=O) groups is 3. The first kappa shape index (κ1) is 29.7. The van der Waals surface area contributed by atoms with Gasteiger partial charge in [-0.2, -0.15) is 0 Å². The number of esters is 3. The predicted octanol–water partition coefficient (Wildman–Crippen LogP) is 3.33. The normalized spacial score (nSPS) is 28.1. The summed E-state index contributed by atoms with van der Waals surface area (Å²) >= 11 is 0. The molecule has 6 rings (SSSR count). The minimum Gasteiger partial charge on any atom is -0.463 e. The van der Waals surface area contributed by atoms with Crippen LogP contribution < -0.4 is 5.32 Å². The zero-order valence-electron chi connectivity index (χ0n) is 24.8. The fourth-order valence-corrected chi connectivity index (χ4v) is 6.43. The Morgan fingerprint density at radius 1 is 0.953 bits per heavy atom. The highest BCUT2D eigenvalue weighted by atomic mass is 16.7. The second kappa shape index (κ2) is 13.1. The monoisotopic (exact) mass is 599 g/mol. The van der Waals surface area contributed by atoms with E-state index in [0.29, 0.717) is 30.2 Å². The summed E-state index contributed by atoms with van der Waals surface area (Å²) in [4.78, 5) is 52.6. The fourth-order valence-electron chi connectivity index (χ4n) is 6.43. The van der Waals surface area contributed by atoms with Crippen molar-refractivity contribution >= 4 is 34.9 Å². The van der Waals surface area contributed by atoms with E-state index in [-0.39, 0.29) is 42.3 Å². The third-order valence-electron chi connectivity index (χ3n) is 8.93. The molecule has 4 heterocycles. The van der Waals surface area contributed by atoms with Crippen LogP contribution in [0.5, 0.6) is 0 Å². The molecule has 2 saturated carbocycles. The number of aromatic nitrogens is 4. The lowest BCUT2D eigenvalue weighted by molar-refractivity contribution is -0.174. The quantitative estimate of drug-likeness (QED) is 0.315. The van der Waals surface area contributed by atoms with Gasteiger partial charge in [0.25, 0.3) is 0 Å². The molecule has 0 bridgehead atoms. The molecule has 2 aromatic heterocycles. The summed E-state index contributed by atoms with van der Waals surface area (Å²) in [5.74, 6) is -1.34. The smallest absolute Gasteiger partial charge is 0.309 e. The Bertz CT molecular complexity index is 1300. The Labute approximate surface area is 250 Å². The van der Waals surface area contributed by atoms with E-state index in [2.05, 4.69) is 20.3 Å². The average molecular weight is 600 g/mol. The number of rotatable bonds is 10. The second-order valence-electron chi connectivity index (χ2n) is 12.4. The van der Waals surface area contributed by atoms with Gasteiger partial charge < -0.3 is 29.0 Å². The van der Waals surface area contributed by atoms with Crippen LogP contribution in [0.1, 0.15) is 77.9 Å². The SMILES string of the molecule is CC(C)C(=O)OC[C@H]1OC(n2cnc3c(NC4CCOC4)ncnc32)[C@H](OC(=O)C2CCCC2)[C@@H]1OC(=O)C1CCCC1. The highest BCUT2D eigenvalue weighted by Gasteiger charge is 2.52. The van der Waals surface area contributed by atoms with Gasteiger partial charge in [-0.25, -0.2) is 15.0 Å². The zero-order valence-corrected chi connectivity index (χ0v) is 24.8. The minimum absolute atomic E-state index is 0.102. The van der Waals surface area contributed by atoms with Gasteiger partial charge in [0.2, 0.25) is 0 Å². The number of nitrogens with one attached hydrogen (secondary N) is 1. The standard InChI is InChI=1S/C30H41N5O8/c1-17(2)28(36)40-14-21-23(42-29(37)18-7-3-4-8-18)24(43-30(38)19-9-5-6-10-19)27(41-21)35-16-33-22-25(31-15-32-26(22)35)34-20-11-12-39-13-20/h15-21,23-24,27H,3-14H2,1-2H3,(H,31,32,34)/t20?,21-,23-,24-,27?/m1/s1. The average Bonchev–Trinajstić information content (AvgIpc) is 3.83. The van der Waals surface area contributed by atoms with Crippen LogP contribution in [-0.2, 0) is 38.1 Å². The predicted molar refractivity (Wildman–Crippen MR) is 152 cm³/mol. The van der Waals surface area contributed by atoms with Crippen molar-refractivity contribution in [3.8, 4) is 0 Å². The molecule has 0 spiro atoms. The summed E-state index contributed by atoms with van der Waals surface area (Å²) in [5, 5.41) is 3.38. The van der Waals surface area contributed by atoms with Crippen LogP contribution in [-0.4, -0.2) is 81.6 Å². The third-order valence-corrected chi connectivity index (χ3v) is 8.93. The van der Waals surface area contributed by atoms with Crippen LogP contribution in [0.25, 0.3) is 11.2 Å². The number of carbonyl (C=O) groups excluding carboxylic acids is 3. The van der Waals surface area contributed by atoms with E-state index in [9.17, 15) is 14.4 Å². The first-order chi connectivity index (χ1) is 20.9. The van der Waals surface area contributed by atoms with Gasteiger partial charge in [0.15, 0.2) is 35.4 Å². The van der Waals surface area contributed by atoms with E-state index < -0.39 is 30.5 Å². The molecule has 2 saturated heterocycles. The van der Waals surface area contributed by atoms with Crippen LogP contribution in [0, 0.1) is 17.8 Å². The Morgan fingerprint density at radius 2 is 1.63 bits per heavy atom. The van der Waals surface area contributed by atoms with Gasteiger partial charge in [-0.15, -0.1) is 0 Å². The van der Waals surface area contributed by atoms with Crippen molar-refractivity contribution < 1.29 is 38.1 Å². The van der Waals surface area contributed by atoms with Gasteiger partial charge in [-0.05, 0) is 32.1 Å². The van der Waals surface area contributed by atoms with Crippen molar-refractivity contribution in [2.45, 2.75) is 102 Å². The molecule has 2 aromatic rings. The summed E-state index contributed by atoms with van der Waals surface area (Å²) in [5.41, 5.74) is 0.983. The van der Waals surface area contributed by atoms with Gasteiger partial charge in [0, 0.05) is 6.61 Å². The molecular formula is C30H41N5O8. The van der Waals surface area contributed by atoms with Crippen molar-refractivity contribution in [1.29, 1.82) is 0 Å². The van der Waals surface area contributed by atoms with Crippen molar-refractivity contribution in [1.82, 2.24) is 19.5 Å². The topological polar surface area (TPSA) is 153 Å². The molecule has 2 aliphatic carbocycles. The number of nitrogens with zero attached hydrogens (tertiary/aromatic N) is 4. The molecule has 0 radical (unpaired) electrons. The molecule has 0 amide bonds. The van der Waals surface area contributed by atoms with E-state index in [0.717, 1.165) is 57.8 Å². The molecule has 1 N–H and O–H groups in total. The molecular weight excluding hydrogens is 558 g/mol. The number of hydrogen-bond acceptors (Lipinski definition) is 12. The lowest BCUT2D eigenvalue weighted by Gasteiger charge is -2.26. The number of imidazole rings is 1. The van der Waals surface area contributed by atoms with Crippen molar-refractivity contribution in [2.24, 2.45) is 17.8 Å². The molecule has 5 atom stereocenters. The van der Waals surface area contributed by atoms with Crippen LogP contribution in [0.15, 0.2) is 12.7 Å². The van der Waals surface area contributed by atoms with Gasteiger partial charge in [0.1, 0.15) is 19.0 Å². The van der Waals surface area contributed by atoms with Gasteiger partial charge in [-0.1, -0.05) is 39.5 Å². The Morgan fingerprint density at radius 3 is 2.26 bits per heavy atom. The molecule has 2 aliphatic heterocycles. The molecule has 43 heavy (non-hydrogen) atoms. The molecule has 4 aliphatic rings. The molecule has 2 unspecified atom stereocenters. The van der Waals surface area contributed by atoms with Crippen LogP contribution in [0.4, 0.5) is 5.82 Å². The van der Waals surface area contributed by atoms with E-state index in [1.165, 1.54) is 6.33 Å². The van der Waals surface area contributed by atoms with E-state index >= 15 is 0 Å². The summed E-state index contributed by atoms with van der Waals surface area (Å²) in [6.45, 7) is 4.57. The molecule has 0 aromatic carbocycles. The van der Waals surface area contributed by atoms with Crippen molar-refractivity contribution in [2.75, 3.05) is 25.1 Å². The molecule has 13 heteroatoms. The van der Waals surface area contributed by atoms with E-state index in [4.69, 9.17) is 23.7 Å². The van der Waals surface area contributed by atoms with Crippen LogP contribution in [0.3, 0.4) is 0 Å². The maximum absolute atomic E-state index is 13.4. The second-order valence-corrected chi connectivity index (χ2v) is 12.4. The molecule has 234 valence electrons. The van der Waals surface area contributed by atoms with Gasteiger partial charge in [0.05, 0.1) is 36.7 Å². The summed E-state index contributed by atoms with van der Waals surface area (Å²) in [7, 11) is 0. The van der Waals surface area contributed by atoms with Crippen LogP contribution >= 0.6 is 0 Å². The third kappa shape index (κ3) is 6.47. The Balaban J connectivity index is 1.33. The minimum atomic E-state index is -1.01. The summed E-state index contributed by atoms with van der Waals surface area (Å²) < 4.78 is 31.5. The van der Waals surface area contributed by atoms with Crippen LogP contribution in [0.2, 0.25) is 0 Å². The van der Waals surface area contributed by atoms with Crippen molar-refractivity contribution in [3.05, 3.63) is 12.7 Å². The fraction of sp³-hybridized carbons (Fsp3) is 0.733. The molecule has 13 nitrogen and oxygen atoms in total. The van der Waals surface area contributed by atoms with Gasteiger partial charge >= 0.3 is 17.9 Å². The molecule has 4 fully saturated rings. The number of anilines is 1. The zero-order chi connectivity index (χ0) is 29.9. The first-order valence-electron chi connectivity index (χ1n) is 15.6. The first-order valence-corrected chi connectivity index (χ1v) is 15.6. The lowest BCUT2D eigenvalue weighted by Crippen LogP contribution is -2.43. The highest BCUT2D eigenvalue weighted by Crippen LogP contribution is 2.39. The maximum atomic E-state index is 13.4. The number of fused-ring (bicyclic) bond motifs is 1. The highest BCUT2D eigenvalue weighted by molar-refractivity contribution is 5.83. The summed E-state index contributed by atoms with van der Waals surface area (Å²) in [6, 6.07) is 0.102.